The molecule has 1 saturated heterocycles. The quantitative estimate of drug-likeness (QED) is 0.619. The van der Waals surface area contributed by atoms with Gasteiger partial charge < -0.3 is 0 Å². The third-order valence-corrected chi connectivity index (χ3v) is 3.83. The van der Waals surface area contributed by atoms with Crippen molar-refractivity contribution >= 4 is 0 Å². The van der Waals surface area contributed by atoms with Crippen molar-refractivity contribution < 1.29 is 0 Å². The zero-order valence-corrected chi connectivity index (χ0v) is 10.8. The number of nitrogens with one attached hydrogen (secondary N) is 1. The SMILES string of the molecule is C[C@@H]1CC(NN)C[C@H](C)N1Cc1ccccc1. The first-order valence-corrected chi connectivity index (χ1v) is 6.46. The number of hydrogen-bond donors (Lipinski definition) is 2. The summed E-state index contributed by atoms with van der Waals surface area (Å²) in [5, 5.41) is 0. The Hall–Kier alpha value is -0.900. The smallest absolute Gasteiger partial charge is 0.0240 e. The van der Waals surface area contributed by atoms with Crippen molar-refractivity contribution in [2.45, 2.75) is 51.4 Å². The Bertz CT molecular complexity index is 327. The topological polar surface area (TPSA) is 41.3 Å². The fourth-order valence-corrected chi connectivity index (χ4v) is 2.87. The van der Waals surface area contributed by atoms with E-state index in [1.807, 2.05) is 0 Å². The first-order valence-electron chi connectivity index (χ1n) is 6.46. The lowest BCUT2D eigenvalue weighted by Gasteiger charge is -2.42. The molecule has 2 rings (SSSR count). The van der Waals surface area contributed by atoms with Crippen LogP contribution in [0.15, 0.2) is 30.3 Å². The molecule has 0 amide bonds. The fraction of sp³-hybridized carbons (Fsp3) is 0.571. The largest absolute Gasteiger partial charge is 0.294 e. The van der Waals surface area contributed by atoms with E-state index in [1.54, 1.807) is 0 Å². The van der Waals surface area contributed by atoms with Gasteiger partial charge in [0.2, 0.25) is 0 Å². The second-order valence-electron chi connectivity index (χ2n) is 5.19. The first-order chi connectivity index (χ1) is 8.20. The van der Waals surface area contributed by atoms with Gasteiger partial charge in [-0.3, -0.25) is 16.2 Å². The highest BCUT2D eigenvalue weighted by atomic mass is 15.3. The number of piperidine rings is 1. The molecular weight excluding hydrogens is 210 g/mol. The van der Waals surface area contributed by atoms with Gasteiger partial charge in [0, 0.05) is 24.7 Å². The average Bonchev–Trinajstić information content (AvgIpc) is 2.35. The van der Waals surface area contributed by atoms with Crippen LogP contribution in [-0.2, 0) is 6.54 Å². The summed E-state index contributed by atoms with van der Waals surface area (Å²) in [5.41, 5.74) is 4.32. The van der Waals surface area contributed by atoms with Crippen molar-refractivity contribution in [3.63, 3.8) is 0 Å². The number of nitrogens with zero attached hydrogens (tertiary/aromatic N) is 1. The number of hydrazine groups is 1. The molecule has 0 spiro atoms. The Morgan fingerprint density at radius 2 is 1.76 bits per heavy atom. The number of likely N-dealkylation sites (tertiary alicyclic amines) is 1. The van der Waals surface area contributed by atoms with Crippen LogP contribution in [0, 0.1) is 0 Å². The molecule has 1 aliphatic heterocycles. The molecule has 1 heterocycles. The van der Waals surface area contributed by atoms with Gasteiger partial charge in [0.05, 0.1) is 0 Å². The summed E-state index contributed by atoms with van der Waals surface area (Å²) < 4.78 is 0. The molecule has 1 aromatic rings. The number of nitrogens with two attached hydrogens (primary N) is 1. The maximum absolute atomic E-state index is 5.56. The van der Waals surface area contributed by atoms with Gasteiger partial charge in [-0.05, 0) is 32.3 Å². The van der Waals surface area contributed by atoms with Crippen LogP contribution < -0.4 is 11.3 Å². The van der Waals surface area contributed by atoms with Gasteiger partial charge in [0.15, 0.2) is 0 Å². The minimum absolute atomic E-state index is 0.465. The van der Waals surface area contributed by atoms with Crippen molar-refractivity contribution in [2.75, 3.05) is 0 Å². The van der Waals surface area contributed by atoms with E-state index >= 15 is 0 Å². The molecule has 0 aromatic heterocycles. The van der Waals surface area contributed by atoms with Crippen molar-refractivity contribution in [3.05, 3.63) is 35.9 Å². The lowest BCUT2D eigenvalue weighted by Crippen LogP contribution is -2.52. The zero-order chi connectivity index (χ0) is 12.3. The molecule has 1 aromatic carbocycles. The molecule has 3 atom stereocenters. The molecule has 0 radical (unpaired) electrons. The summed E-state index contributed by atoms with van der Waals surface area (Å²) in [6.07, 6.45) is 2.27. The Balaban J connectivity index is 2.01. The van der Waals surface area contributed by atoms with E-state index < -0.39 is 0 Å². The lowest BCUT2D eigenvalue weighted by atomic mass is 9.92. The third kappa shape index (κ3) is 3.06. The normalized spacial score (nSPS) is 30.4. The predicted molar refractivity (Wildman–Crippen MR) is 71.3 cm³/mol. The van der Waals surface area contributed by atoms with E-state index in [2.05, 4.69) is 54.5 Å². The van der Waals surface area contributed by atoms with Crippen LogP contribution in [0.5, 0.6) is 0 Å². The van der Waals surface area contributed by atoms with E-state index in [9.17, 15) is 0 Å². The van der Waals surface area contributed by atoms with Crippen molar-refractivity contribution in [2.24, 2.45) is 5.84 Å². The minimum Gasteiger partial charge on any atom is -0.294 e. The van der Waals surface area contributed by atoms with Gasteiger partial charge >= 0.3 is 0 Å². The number of benzene rings is 1. The summed E-state index contributed by atoms with van der Waals surface area (Å²) in [4.78, 5) is 2.57. The van der Waals surface area contributed by atoms with Crippen LogP contribution in [0.2, 0.25) is 0 Å². The van der Waals surface area contributed by atoms with E-state index in [4.69, 9.17) is 5.84 Å². The second kappa shape index (κ2) is 5.63. The summed E-state index contributed by atoms with van der Waals surface area (Å²) in [7, 11) is 0. The van der Waals surface area contributed by atoms with Gasteiger partial charge in [0.25, 0.3) is 0 Å². The maximum atomic E-state index is 5.56. The molecule has 94 valence electrons. The van der Waals surface area contributed by atoms with Crippen LogP contribution in [0.3, 0.4) is 0 Å². The molecule has 0 aliphatic carbocycles. The van der Waals surface area contributed by atoms with Crippen LogP contribution >= 0.6 is 0 Å². The number of rotatable bonds is 3. The maximum Gasteiger partial charge on any atom is 0.0240 e. The average molecular weight is 233 g/mol. The molecule has 0 saturated carbocycles. The summed E-state index contributed by atoms with van der Waals surface area (Å²) in [6.45, 7) is 5.63. The molecule has 1 unspecified atom stereocenters. The molecule has 3 heteroatoms. The van der Waals surface area contributed by atoms with Gasteiger partial charge in [-0.1, -0.05) is 30.3 Å². The summed E-state index contributed by atoms with van der Waals surface area (Å²) in [5.74, 6) is 5.56. The highest BCUT2D eigenvalue weighted by Gasteiger charge is 2.29. The van der Waals surface area contributed by atoms with Gasteiger partial charge in [-0.2, -0.15) is 0 Å². The van der Waals surface area contributed by atoms with Crippen molar-refractivity contribution in [1.29, 1.82) is 0 Å². The van der Waals surface area contributed by atoms with Gasteiger partial charge in [-0.25, -0.2) is 0 Å². The first kappa shape index (κ1) is 12.6. The Labute approximate surface area is 104 Å². The molecule has 17 heavy (non-hydrogen) atoms. The molecule has 1 fully saturated rings. The van der Waals surface area contributed by atoms with E-state index in [0.29, 0.717) is 18.1 Å². The lowest BCUT2D eigenvalue weighted by molar-refractivity contribution is 0.0752. The molecule has 0 bridgehead atoms. The molecule has 1 aliphatic rings. The van der Waals surface area contributed by atoms with Crippen molar-refractivity contribution in [3.8, 4) is 0 Å². The van der Waals surface area contributed by atoms with Crippen LogP contribution in [0.4, 0.5) is 0 Å². The Morgan fingerprint density at radius 3 is 2.29 bits per heavy atom. The minimum atomic E-state index is 0.465. The van der Waals surface area contributed by atoms with Crippen LogP contribution in [-0.4, -0.2) is 23.0 Å². The standard InChI is InChI=1S/C14H23N3/c1-11-8-14(16-15)9-12(2)17(11)10-13-6-4-3-5-7-13/h3-7,11-12,14,16H,8-10,15H2,1-2H3/t11-,12+,14?. The Morgan fingerprint density at radius 1 is 1.18 bits per heavy atom. The predicted octanol–water partition coefficient (Wildman–Crippen LogP) is 1.89. The molecule has 3 N–H and O–H groups in total. The zero-order valence-electron chi connectivity index (χ0n) is 10.8. The van der Waals surface area contributed by atoms with Crippen LogP contribution in [0.25, 0.3) is 0 Å². The van der Waals surface area contributed by atoms with E-state index in [1.165, 1.54) is 5.56 Å². The summed E-state index contributed by atoms with van der Waals surface area (Å²) >= 11 is 0. The number of hydrogen-bond acceptors (Lipinski definition) is 3. The highest BCUT2D eigenvalue weighted by Crippen LogP contribution is 2.24. The van der Waals surface area contributed by atoms with E-state index in [0.717, 1.165) is 19.4 Å². The molecule has 3 nitrogen and oxygen atoms in total. The summed E-state index contributed by atoms with van der Waals surface area (Å²) in [6, 6.07) is 12.3. The van der Waals surface area contributed by atoms with Crippen molar-refractivity contribution in [1.82, 2.24) is 10.3 Å². The van der Waals surface area contributed by atoms with Gasteiger partial charge in [-0.15, -0.1) is 0 Å². The fourth-order valence-electron chi connectivity index (χ4n) is 2.87. The van der Waals surface area contributed by atoms with Gasteiger partial charge in [0.1, 0.15) is 0 Å². The third-order valence-electron chi connectivity index (χ3n) is 3.83. The monoisotopic (exact) mass is 233 g/mol. The highest BCUT2D eigenvalue weighted by molar-refractivity contribution is 5.15. The second-order valence-corrected chi connectivity index (χ2v) is 5.19. The Kier molecular flexibility index (Phi) is 4.15. The van der Waals surface area contributed by atoms with Crippen LogP contribution in [0.1, 0.15) is 32.3 Å². The van der Waals surface area contributed by atoms with E-state index in [-0.39, 0.29) is 0 Å². The molecular formula is C14H23N3.